The number of halogens is 2. The SMILES string of the molecule is CCCc1c(Cl)ncnc1Nc1cc(Cl)ccc1C. The van der Waals surface area contributed by atoms with Gasteiger partial charge < -0.3 is 5.32 Å². The summed E-state index contributed by atoms with van der Waals surface area (Å²) in [6.07, 6.45) is 3.28. The molecule has 0 aliphatic heterocycles. The Hall–Kier alpha value is -1.32. The summed E-state index contributed by atoms with van der Waals surface area (Å²) in [5, 5.41) is 4.47. The van der Waals surface area contributed by atoms with Crippen LogP contribution in [0.3, 0.4) is 0 Å². The van der Waals surface area contributed by atoms with Gasteiger partial charge in [-0.25, -0.2) is 9.97 Å². The molecule has 5 heteroatoms. The standard InChI is InChI=1S/C14H15Cl2N3/c1-3-4-11-13(16)17-8-18-14(11)19-12-7-10(15)6-5-9(12)2/h5-8H,3-4H2,1-2H3,(H,17,18,19). The minimum absolute atomic E-state index is 0.499. The van der Waals surface area contributed by atoms with Crippen LogP contribution in [0.4, 0.5) is 11.5 Å². The topological polar surface area (TPSA) is 37.8 Å². The molecule has 0 amide bonds. The molecule has 0 fully saturated rings. The van der Waals surface area contributed by atoms with Crippen molar-refractivity contribution >= 4 is 34.7 Å². The predicted molar refractivity (Wildman–Crippen MR) is 80.5 cm³/mol. The Morgan fingerprint density at radius 1 is 1.21 bits per heavy atom. The maximum atomic E-state index is 6.13. The van der Waals surface area contributed by atoms with Crippen LogP contribution in [-0.4, -0.2) is 9.97 Å². The first-order valence-corrected chi connectivity index (χ1v) is 6.90. The third-order valence-electron chi connectivity index (χ3n) is 2.85. The zero-order valence-electron chi connectivity index (χ0n) is 10.9. The molecule has 1 heterocycles. The van der Waals surface area contributed by atoms with E-state index >= 15 is 0 Å². The van der Waals surface area contributed by atoms with Crippen molar-refractivity contribution in [3.63, 3.8) is 0 Å². The van der Waals surface area contributed by atoms with E-state index in [9.17, 15) is 0 Å². The van der Waals surface area contributed by atoms with E-state index in [2.05, 4.69) is 22.2 Å². The Kier molecular flexibility index (Phi) is 4.61. The van der Waals surface area contributed by atoms with Crippen LogP contribution < -0.4 is 5.32 Å². The highest BCUT2D eigenvalue weighted by molar-refractivity contribution is 6.31. The van der Waals surface area contributed by atoms with E-state index in [0.717, 1.165) is 35.5 Å². The molecule has 0 radical (unpaired) electrons. The molecular weight excluding hydrogens is 281 g/mol. The lowest BCUT2D eigenvalue weighted by Crippen LogP contribution is -2.02. The summed E-state index contributed by atoms with van der Waals surface area (Å²) in [5.41, 5.74) is 2.97. The molecule has 0 atom stereocenters. The fourth-order valence-electron chi connectivity index (χ4n) is 1.83. The van der Waals surface area contributed by atoms with E-state index in [1.807, 2.05) is 25.1 Å². The maximum absolute atomic E-state index is 6.13. The van der Waals surface area contributed by atoms with Crippen LogP contribution in [0.25, 0.3) is 0 Å². The molecule has 3 nitrogen and oxygen atoms in total. The Morgan fingerprint density at radius 3 is 2.74 bits per heavy atom. The monoisotopic (exact) mass is 295 g/mol. The molecule has 19 heavy (non-hydrogen) atoms. The van der Waals surface area contributed by atoms with Crippen molar-refractivity contribution < 1.29 is 0 Å². The van der Waals surface area contributed by atoms with E-state index in [-0.39, 0.29) is 0 Å². The summed E-state index contributed by atoms with van der Waals surface area (Å²) in [5.74, 6) is 0.743. The lowest BCUT2D eigenvalue weighted by Gasteiger charge is -2.13. The highest BCUT2D eigenvalue weighted by Gasteiger charge is 2.10. The average molecular weight is 296 g/mol. The molecule has 0 bridgehead atoms. The predicted octanol–water partition coefficient (Wildman–Crippen LogP) is 4.79. The zero-order chi connectivity index (χ0) is 13.8. The highest BCUT2D eigenvalue weighted by atomic mass is 35.5. The Bertz CT molecular complexity index is 585. The quantitative estimate of drug-likeness (QED) is 0.824. The fourth-order valence-corrected chi connectivity index (χ4v) is 2.23. The molecular formula is C14H15Cl2N3. The summed E-state index contributed by atoms with van der Waals surface area (Å²) < 4.78 is 0. The van der Waals surface area contributed by atoms with Crippen LogP contribution in [0.1, 0.15) is 24.5 Å². The number of hydrogen-bond acceptors (Lipinski definition) is 3. The first-order chi connectivity index (χ1) is 9.11. The van der Waals surface area contributed by atoms with Crippen molar-refractivity contribution in [3.05, 3.63) is 45.8 Å². The van der Waals surface area contributed by atoms with Crippen molar-refractivity contribution in [2.75, 3.05) is 5.32 Å². The molecule has 100 valence electrons. The van der Waals surface area contributed by atoms with Gasteiger partial charge in [0.15, 0.2) is 0 Å². The van der Waals surface area contributed by atoms with E-state index in [0.29, 0.717) is 10.2 Å². The number of nitrogens with zero attached hydrogens (tertiary/aromatic N) is 2. The zero-order valence-corrected chi connectivity index (χ0v) is 12.4. The lowest BCUT2D eigenvalue weighted by molar-refractivity contribution is 0.904. The molecule has 2 aromatic rings. The molecule has 0 spiro atoms. The first-order valence-electron chi connectivity index (χ1n) is 6.14. The lowest BCUT2D eigenvalue weighted by atomic mass is 10.1. The number of hydrogen-bond donors (Lipinski definition) is 1. The number of rotatable bonds is 4. The Labute approximate surface area is 123 Å². The largest absolute Gasteiger partial charge is 0.340 e. The van der Waals surface area contributed by atoms with Gasteiger partial charge in [0, 0.05) is 16.3 Å². The van der Waals surface area contributed by atoms with Gasteiger partial charge in [0.1, 0.15) is 17.3 Å². The van der Waals surface area contributed by atoms with Crippen molar-refractivity contribution in [2.24, 2.45) is 0 Å². The van der Waals surface area contributed by atoms with Gasteiger partial charge in [-0.2, -0.15) is 0 Å². The van der Waals surface area contributed by atoms with Gasteiger partial charge in [0.25, 0.3) is 0 Å². The second-order valence-corrected chi connectivity index (χ2v) is 5.12. The molecule has 2 rings (SSSR count). The van der Waals surface area contributed by atoms with E-state index < -0.39 is 0 Å². The van der Waals surface area contributed by atoms with Gasteiger partial charge in [0.2, 0.25) is 0 Å². The highest BCUT2D eigenvalue weighted by Crippen LogP contribution is 2.27. The molecule has 0 saturated carbocycles. The maximum Gasteiger partial charge on any atom is 0.138 e. The van der Waals surface area contributed by atoms with Crippen LogP contribution in [0, 0.1) is 6.92 Å². The van der Waals surface area contributed by atoms with Gasteiger partial charge in [-0.15, -0.1) is 0 Å². The minimum Gasteiger partial charge on any atom is -0.340 e. The molecule has 0 unspecified atom stereocenters. The van der Waals surface area contributed by atoms with E-state index in [1.165, 1.54) is 6.33 Å². The van der Waals surface area contributed by atoms with Gasteiger partial charge in [-0.05, 0) is 31.0 Å². The fraction of sp³-hybridized carbons (Fsp3) is 0.286. The van der Waals surface area contributed by atoms with Crippen molar-refractivity contribution in [2.45, 2.75) is 26.7 Å². The van der Waals surface area contributed by atoms with Crippen LogP contribution in [0.5, 0.6) is 0 Å². The molecule has 1 aromatic carbocycles. The number of aromatic nitrogens is 2. The summed E-state index contributed by atoms with van der Waals surface area (Å²) in [7, 11) is 0. The van der Waals surface area contributed by atoms with Crippen molar-refractivity contribution in [1.29, 1.82) is 0 Å². The smallest absolute Gasteiger partial charge is 0.138 e. The van der Waals surface area contributed by atoms with Crippen molar-refractivity contribution in [1.82, 2.24) is 9.97 Å². The number of aryl methyl sites for hydroxylation is 1. The van der Waals surface area contributed by atoms with Crippen LogP contribution in [0.2, 0.25) is 10.2 Å². The first kappa shape index (κ1) is 14.1. The van der Waals surface area contributed by atoms with Gasteiger partial charge in [-0.3, -0.25) is 0 Å². The third-order valence-corrected chi connectivity index (χ3v) is 3.41. The molecule has 1 N–H and O–H groups in total. The number of anilines is 2. The number of nitrogens with one attached hydrogen (secondary N) is 1. The van der Waals surface area contributed by atoms with Gasteiger partial charge in [0.05, 0.1) is 0 Å². The van der Waals surface area contributed by atoms with Crippen LogP contribution in [0.15, 0.2) is 24.5 Å². The second-order valence-electron chi connectivity index (χ2n) is 4.33. The summed E-state index contributed by atoms with van der Waals surface area (Å²) in [6, 6.07) is 5.71. The molecule has 0 aliphatic rings. The van der Waals surface area contributed by atoms with Crippen LogP contribution >= 0.6 is 23.2 Å². The van der Waals surface area contributed by atoms with Crippen molar-refractivity contribution in [3.8, 4) is 0 Å². The Balaban J connectivity index is 2.37. The number of benzene rings is 1. The minimum atomic E-state index is 0.499. The molecule has 1 aromatic heterocycles. The summed E-state index contributed by atoms with van der Waals surface area (Å²) >= 11 is 12.1. The van der Waals surface area contributed by atoms with Gasteiger partial charge >= 0.3 is 0 Å². The summed E-state index contributed by atoms with van der Waals surface area (Å²) in [4.78, 5) is 8.30. The van der Waals surface area contributed by atoms with Gasteiger partial charge in [-0.1, -0.05) is 42.6 Å². The summed E-state index contributed by atoms with van der Waals surface area (Å²) in [6.45, 7) is 4.11. The second kappa shape index (κ2) is 6.22. The van der Waals surface area contributed by atoms with E-state index in [4.69, 9.17) is 23.2 Å². The third kappa shape index (κ3) is 3.37. The average Bonchev–Trinajstić information content (AvgIpc) is 2.38. The molecule has 0 aliphatic carbocycles. The van der Waals surface area contributed by atoms with Crippen LogP contribution in [-0.2, 0) is 6.42 Å². The molecule has 0 saturated heterocycles. The Morgan fingerprint density at radius 2 is 2.00 bits per heavy atom. The van der Waals surface area contributed by atoms with E-state index in [1.54, 1.807) is 0 Å². The normalized spacial score (nSPS) is 10.5.